The Kier molecular flexibility index (Phi) is 5.75. The first-order chi connectivity index (χ1) is 16.4. The highest BCUT2D eigenvalue weighted by atomic mass is 16.2. The molecular weight excluding hydrogens is 428 g/mol. The predicted octanol–water partition coefficient (Wildman–Crippen LogP) is 2.92. The second-order valence-electron chi connectivity index (χ2n) is 9.03. The molecule has 34 heavy (non-hydrogen) atoms. The van der Waals surface area contributed by atoms with Crippen LogP contribution in [0.4, 0.5) is 0 Å². The Labute approximate surface area is 197 Å². The highest BCUT2D eigenvalue weighted by Gasteiger charge is 2.25. The second kappa shape index (κ2) is 8.87. The molecule has 2 atom stereocenters. The molecule has 5 heterocycles. The lowest BCUT2D eigenvalue weighted by Crippen LogP contribution is -2.46. The van der Waals surface area contributed by atoms with Crippen LogP contribution in [0.1, 0.15) is 47.0 Å². The molecule has 0 fully saturated rings. The third kappa shape index (κ3) is 4.49. The largest absolute Gasteiger partial charge is 0.355 e. The quantitative estimate of drug-likeness (QED) is 0.449. The van der Waals surface area contributed by atoms with Gasteiger partial charge >= 0.3 is 0 Å². The van der Waals surface area contributed by atoms with E-state index in [4.69, 9.17) is 15.7 Å². The van der Waals surface area contributed by atoms with Gasteiger partial charge in [0.25, 0.3) is 0 Å². The number of fused-ring (bicyclic) bond motifs is 8. The molecule has 0 unspecified atom stereocenters. The average Bonchev–Trinajstić information content (AvgIpc) is 3.59. The van der Waals surface area contributed by atoms with Gasteiger partial charge in [-0.15, -0.1) is 0 Å². The van der Waals surface area contributed by atoms with Crippen molar-refractivity contribution in [2.24, 2.45) is 5.73 Å². The molecule has 0 aromatic carbocycles. The van der Waals surface area contributed by atoms with Gasteiger partial charge in [-0.05, 0) is 82.0 Å². The summed E-state index contributed by atoms with van der Waals surface area (Å²) in [5.41, 5.74) is 13.3. The van der Waals surface area contributed by atoms with Crippen LogP contribution in [0.25, 0.3) is 22.1 Å². The standard InChI is InChI=1S/C26H28N6O2/c1-14(27)26(34)28-15(2)25(33)24-22-9-7-20(31-22)12-18-5-3-16(29-18)11-17-4-6-19(30-17)13-21-8-10-23(24)32-21/h3,5,8,10-15,29,32H,4,6-7,9,27H2,1-2H3,(H,28,34)/t14-,15-/m0/s1. The number of H-pyrrole nitrogens is 2. The van der Waals surface area contributed by atoms with Crippen molar-refractivity contribution in [3.05, 3.63) is 70.8 Å². The average molecular weight is 457 g/mol. The van der Waals surface area contributed by atoms with E-state index in [2.05, 4.69) is 21.4 Å². The van der Waals surface area contributed by atoms with Crippen LogP contribution in [0.5, 0.6) is 0 Å². The molecule has 5 N–H and O–H groups in total. The molecule has 0 saturated heterocycles. The van der Waals surface area contributed by atoms with Crippen LogP contribution < -0.4 is 11.1 Å². The third-order valence-corrected chi connectivity index (χ3v) is 6.20. The lowest BCUT2D eigenvalue weighted by Gasteiger charge is -2.15. The molecule has 3 aromatic rings. The number of Topliss-reactive ketones (excluding diaryl/α,β-unsaturated/α-hetero) is 1. The van der Waals surface area contributed by atoms with E-state index in [1.54, 1.807) is 13.8 Å². The maximum atomic E-state index is 13.6. The van der Waals surface area contributed by atoms with E-state index in [0.29, 0.717) is 23.2 Å². The summed E-state index contributed by atoms with van der Waals surface area (Å²) in [6, 6.07) is 12.6. The van der Waals surface area contributed by atoms with Crippen LogP contribution in [0, 0.1) is 0 Å². The summed E-state index contributed by atoms with van der Waals surface area (Å²) in [7, 11) is 0. The van der Waals surface area contributed by atoms with Gasteiger partial charge in [-0.25, -0.2) is 0 Å². The number of ketones is 1. The fraction of sp³-hybridized carbons (Fsp3) is 0.308. The zero-order valence-corrected chi connectivity index (χ0v) is 19.3. The fourth-order valence-electron chi connectivity index (χ4n) is 4.41. The van der Waals surface area contributed by atoms with Gasteiger partial charge in [0.1, 0.15) is 0 Å². The van der Waals surface area contributed by atoms with Crippen molar-refractivity contribution in [2.75, 3.05) is 0 Å². The van der Waals surface area contributed by atoms with E-state index in [1.807, 2.05) is 36.4 Å². The highest BCUT2D eigenvalue weighted by molar-refractivity contribution is 6.07. The number of hydrogen-bond acceptors (Lipinski definition) is 5. The number of aryl methyl sites for hydroxylation is 4. The number of carbonyl (C=O) groups excluding carboxylic acids is 2. The minimum absolute atomic E-state index is 0.200. The minimum Gasteiger partial charge on any atom is -0.355 e. The summed E-state index contributed by atoms with van der Waals surface area (Å²) < 4.78 is 0. The molecule has 5 rings (SSSR count). The monoisotopic (exact) mass is 456 g/mol. The van der Waals surface area contributed by atoms with Crippen molar-refractivity contribution in [3.8, 4) is 0 Å². The highest BCUT2D eigenvalue weighted by Crippen LogP contribution is 2.22. The number of nitrogens with one attached hydrogen (secondary N) is 3. The fourth-order valence-corrected chi connectivity index (χ4v) is 4.41. The SMILES string of the molecule is C[C@H](N)C(=O)N[C@@H](C)C(=O)c1c2nc(cc3ccc(cc4nc(cc5ccc1[nH]5)CC4)[nH]3)CC2. The van der Waals surface area contributed by atoms with Gasteiger partial charge in [0, 0.05) is 33.6 Å². The van der Waals surface area contributed by atoms with E-state index in [-0.39, 0.29) is 11.7 Å². The van der Waals surface area contributed by atoms with Crippen molar-refractivity contribution in [1.29, 1.82) is 0 Å². The molecule has 174 valence electrons. The van der Waals surface area contributed by atoms with Crippen molar-refractivity contribution in [3.63, 3.8) is 0 Å². The summed E-state index contributed by atoms with van der Waals surface area (Å²) in [5.74, 6) is -0.566. The van der Waals surface area contributed by atoms with Gasteiger partial charge in [-0.3, -0.25) is 19.6 Å². The molecule has 0 aliphatic carbocycles. The van der Waals surface area contributed by atoms with Crippen LogP contribution in [-0.2, 0) is 30.5 Å². The molecule has 2 aliphatic heterocycles. The first kappa shape index (κ1) is 22.0. The Morgan fingerprint density at radius 3 is 2.06 bits per heavy atom. The maximum absolute atomic E-state index is 13.6. The van der Waals surface area contributed by atoms with E-state index in [1.165, 1.54) is 0 Å². The summed E-state index contributed by atoms with van der Waals surface area (Å²) in [6.45, 7) is 3.27. The Morgan fingerprint density at radius 1 is 0.853 bits per heavy atom. The summed E-state index contributed by atoms with van der Waals surface area (Å²) >= 11 is 0. The maximum Gasteiger partial charge on any atom is 0.237 e. The summed E-state index contributed by atoms with van der Waals surface area (Å²) in [5, 5.41) is 2.72. The molecule has 8 bridgehead atoms. The van der Waals surface area contributed by atoms with Gasteiger partial charge in [-0.2, -0.15) is 0 Å². The Balaban J connectivity index is 1.72. The number of hydrogen-bond donors (Lipinski definition) is 4. The van der Waals surface area contributed by atoms with Crippen LogP contribution in [0.2, 0.25) is 0 Å². The number of nitrogens with zero attached hydrogens (tertiary/aromatic N) is 2. The van der Waals surface area contributed by atoms with Crippen molar-refractivity contribution >= 4 is 33.8 Å². The van der Waals surface area contributed by atoms with Crippen molar-refractivity contribution in [2.45, 2.75) is 51.6 Å². The summed E-state index contributed by atoms with van der Waals surface area (Å²) in [4.78, 5) is 42.0. The van der Waals surface area contributed by atoms with Crippen LogP contribution >= 0.6 is 0 Å². The third-order valence-electron chi connectivity index (χ3n) is 6.20. The lowest BCUT2D eigenvalue weighted by atomic mass is 10.0. The molecule has 3 aromatic heterocycles. The predicted molar refractivity (Wildman–Crippen MR) is 131 cm³/mol. The van der Waals surface area contributed by atoms with E-state index < -0.39 is 12.1 Å². The normalized spacial score (nSPS) is 15.0. The van der Waals surface area contributed by atoms with E-state index in [0.717, 1.165) is 52.9 Å². The number of carbonyl (C=O) groups is 2. The van der Waals surface area contributed by atoms with Gasteiger partial charge in [0.05, 0.1) is 28.9 Å². The number of amides is 1. The minimum atomic E-state index is -0.733. The first-order valence-corrected chi connectivity index (χ1v) is 11.6. The molecule has 2 aliphatic rings. The molecular formula is C26H28N6O2. The number of rotatable bonds is 4. The number of nitrogens with two attached hydrogens (primary N) is 1. The molecule has 1 amide bonds. The number of aromatic amines is 2. The van der Waals surface area contributed by atoms with E-state index >= 15 is 0 Å². The summed E-state index contributed by atoms with van der Waals surface area (Å²) in [6.07, 6.45) is 3.12. The van der Waals surface area contributed by atoms with Gasteiger partial charge < -0.3 is 21.0 Å². The Hall–Kier alpha value is -3.78. The lowest BCUT2D eigenvalue weighted by molar-refractivity contribution is -0.122. The zero-order chi connectivity index (χ0) is 23.8. The molecule has 0 saturated carbocycles. The van der Waals surface area contributed by atoms with Gasteiger partial charge in [-0.1, -0.05) is 0 Å². The molecule has 8 heteroatoms. The van der Waals surface area contributed by atoms with Crippen LogP contribution in [0.15, 0.2) is 42.5 Å². The van der Waals surface area contributed by atoms with Crippen LogP contribution in [-0.4, -0.2) is 43.7 Å². The van der Waals surface area contributed by atoms with Gasteiger partial charge in [0.2, 0.25) is 5.91 Å². The van der Waals surface area contributed by atoms with Crippen molar-refractivity contribution < 1.29 is 9.59 Å². The molecule has 8 nitrogen and oxygen atoms in total. The first-order valence-electron chi connectivity index (χ1n) is 11.6. The molecule has 0 spiro atoms. The smallest absolute Gasteiger partial charge is 0.237 e. The Morgan fingerprint density at radius 2 is 1.41 bits per heavy atom. The zero-order valence-electron chi connectivity index (χ0n) is 19.3. The van der Waals surface area contributed by atoms with E-state index in [9.17, 15) is 9.59 Å². The van der Waals surface area contributed by atoms with Crippen molar-refractivity contribution in [1.82, 2.24) is 25.3 Å². The Bertz CT molecular complexity index is 1430. The molecule has 0 radical (unpaired) electrons. The topological polar surface area (TPSA) is 130 Å². The van der Waals surface area contributed by atoms with Gasteiger partial charge in [0.15, 0.2) is 5.78 Å². The second-order valence-corrected chi connectivity index (χ2v) is 9.03. The number of aromatic nitrogens is 4. The van der Waals surface area contributed by atoms with Crippen LogP contribution in [0.3, 0.4) is 0 Å².